The van der Waals surface area contributed by atoms with Gasteiger partial charge in [0.15, 0.2) is 11.5 Å². The molecule has 3 aromatic rings. The molecule has 0 spiro atoms. The number of methoxy groups -OCH3 is 2. The van der Waals surface area contributed by atoms with Crippen LogP contribution in [0.1, 0.15) is 10.4 Å². The fraction of sp³-hybridized carbons (Fsp3) is 0.211. The molecule has 1 heterocycles. The van der Waals surface area contributed by atoms with Gasteiger partial charge in [0.05, 0.1) is 25.3 Å². The van der Waals surface area contributed by atoms with Crippen molar-refractivity contribution in [2.24, 2.45) is 14.1 Å². The molecule has 0 bridgehead atoms. The second-order valence-corrected chi connectivity index (χ2v) is 5.96. The molecule has 0 saturated carbocycles. The Kier molecular flexibility index (Phi) is 4.72. The van der Waals surface area contributed by atoms with Crippen LogP contribution >= 0.6 is 0 Å². The number of ether oxygens (including phenoxy) is 2. The van der Waals surface area contributed by atoms with E-state index in [2.05, 4.69) is 5.32 Å². The largest absolute Gasteiger partial charge is 0.493 e. The lowest BCUT2D eigenvalue weighted by Gasteiger charge is -2.12. The van der Waals surface area contributed by atoms with Crippen molar-refractivity contribution in [3.8, 4) is 11.5 Å². The Morgan fingerprint density at radius 3 is 2.11 bits per heavy atom. The molecule has 0 atom stereocenters. The number of hydrogen-bond acceptors (Lipinski definition) is 5. The van der Waals surface area contributed by atoms with E-state index < -0.39 is 11.1 Å². The average Bonchev–Trinajstić information content (AvgIpc) is 2.69. The summed E-state index contributed by atoms with van der Waals surface area (Å²) in [7, 11) is 6.07. The maximum Gasteiger partial charge on any atom is 0.316 e. The maximum atomic E-state index is 12.6. The molecule has 140 valence electrons. The molecule has 0 aliphatic carbocycles. The van der Waals surface area contributed by atoms with Gasteiger partial charge in [0.25, 0.3) is 5.91 Å². The summed E-state index contributed by atoms with van der Waals surface area (Å²) in [5.74, 6) is 0.627. The number of benzene rings is 2. The SMILES string of the molecule is COc1ccc(C(=O)Nc2ccc3c(c2)n(C)c(=O)c(=O)n3C)cc1OC. The van der Waals surface area contributed by atoms with Crippen molar-refractivity contribution < 1.29 is 14.3 Å². The summed E-state index contributed by atoms with van der Waals surface area (Å²) < 4.78 is 12.9. The van der Waals surface area contributed by atoms with Gasteiger partial charge < -0.3 is 23.9 Å². The van der Waals surface area contributed by atoms with Gasteiger partial charge in [-0.15, -0.1) is 0 Å². The summed E-state index contributed by atoms with van der Waals surface area (Å²) in [5.41, 5.74) is 0.775. The first-order valence-corrected chi connectivity index (χ1v) is 8.10. The molecule has 1 amide bonds. The van der Waals surface area contributed by atoms with Gasteiger partial charge in [-0.05, 0) is 36.4 Å². The van der Waals surface area contributed by atoms with Crippen LogP contribution in [0.15, 0.2) is 46.0 Å². The van der Waals surface area contributed by atoms with E-state index in [0.29, 0.717) is 33.8 Å². The number of nitrogens with one attached hydrogen (secondary N) is 1. The van der Waals surface area contributed by atoms with Crippen LogP contribution < -0.4 is 25.9 Å². The standard InChI is InChI=1S/C19H19N3O5/c1-21-13-7-6-12(10-14(13)22(2)19(25)18(21)24)20-17(23)11-5-8-15(26-3)16(9-11)27-4/h5-10H,1-4H3,(H,20,23). The van der Waals surface area contributed by atoms with Crippen LogP contribution in [0.4, 0.5) is 5.69 Å². The predicted octanol–water partition coefficient (Wildman–Crippen LogP) is 1.51. The molecule has 0 aliphatic heterocycles. The highest BCUT2D eigenvalue weighted by Crippen LogP contribution is 2.28. The molecule has 0 unspecified atom stereocenters. The average molecular weight is 369 g/mol. The van der Waals surface area contributed by atoms with E-state index in [1.807, 2.05) is 0 Å². The van der Waals surface area contributed by atoms with Gasteiger partial charge in [0, 0.05) is 25.3 Å². The normalized spacial score (nSPS) is 10.7. The van der Waals surface area contributed by atoms with Crippen molar-refractivity contribution in [1.29, 1.82) is 0 Å². The number of carbonyl (C=O) groups is 1. The van der Waals surface area contributed by atoms with E-state index in [0.717, 1.165) is 0 Å². The molecule has 8 heteroatoms. The number of anilines is 1. The van der Waals surface area contributed by atoms with Gasteiger partial charge in [0.2, 0.25) is 0 Å². The van der Waals surface area contributed by atoms with Crippen LogP contribution in [-0.2, 0) is 14.1 Å². The van der Waals surface area contributed by atoms with E-state index in [9.17, 15) is 14.4 Å². The third-order valence-electron chi connectivity index (χ3n) is 4.39. The van der Waals surface area contributed by atoms with Crippen molar-refractivity contribution >= 4 is 22.6 Å². The fourth-order valence-corrected chi connectivity index (χ4v) is 2.84. The van der Waals surface area contributed by atoms with E-state index in [1.165, 1.54) is 37.4 Å². The Hall–Kier alpha value is -3.55. The third kappa shape index (κ3) is 3.17. The van der Waals surface area contributed by atoms with Crippen LogP contribution in [-0.4, -0.2) is 29.3 Å². The summed E-state index contributed by atoms with van der Waals surface area (Å²) in [6, 6.07) is 9.85. The van der Waals surface area contributed by atoms with E-state index in [1.54, 1.807) is 36.4 Å². The van der Waals surface area contributed by atoms with Gasteiger partial charge in [-0.1, -0.05) is 0 Å². The quantitative estimate of drug-likeness (QED) is 0.704. The zero-order valence-electron chi connectivity index (χ0n) is 15.4. The number of carbonyl (C=O) groups excluding carboxylic acids is 1. The minimum absolute atomic E-state index is 0.342. The number of nitrogens with zero attached hydrogens (tertiary/aromatic N) is 2. The minimum atomic E-state index is -0.631. The lowest BCUT2D eigenvalue weighted by molar-refractivity contribution is 0.102. The number of hydrogen-bond donors (Lipinski definition) is 1. The van der Waals surface area contributed by atoms with Gasteiger partial charge in [-0.25, -0.2) is 0 Å². The molecule has 0 aliphatic rings. The molecule has 8 nitrogen and oxygen atoms in total. The Morgan fingerprint density at radius 1 is 0.852 bits per heavy atom. The molecular formula is C19H19N3O5. The number of aryl methyl sites for hydroxylation is 2. The number of amides is 1. The van der Waals surface area contributed by atoms with Crippen LogP contribution in [0.2, 0.25) is 0 Å². The monoisotopic (exact) mass is 369 g/mol. The molecule has 0 radical (unpaired) electrons. The summed E-state index contributed by atoms with van der Waals surface area (Å²) in [6.45, 7) is 0. The molecule has 2 aromatic carbocycles. The Morgan fingerprint density at radius 2 is 1.48 bits per heavy atom. The third-order valence-corrected chi connectivity index (χ3v) is 4.39. The highest BCUT2D eigenvalue weighted by atomic mass is 16.5. The number of rotatable bonds is 4. The van der Waals surface area contributed by atoms with Crippen LogP contribution in [0.25, 0.3) is 11.0 Å². The van der Waals surface area contributed by atoms with Crippen LogP contribution in [0, 0.1) is 0 Å². The first kappa shape index (κ1) is 18.2. The van der Waals surface area contributed by atoms with E-state index in [4.69, 9.17) is 9.47 Å². The summed E-state index contributed by atoms with van der Waals surface area (Å²) in [6.07, 6.45) is 0. The van der Waals surface area contributed by atoms with Gasteiger partial charge in [0.1, 0.15) is 0 Å². The lowest BCUT2D eigenvalue weighted by Crippen LogP contribution is -2.39. The molecule has 1 aromatic heterocycles. The highest BCUT2D eigenvalue weighted by Gasteiger charge is 2.13. The van der Waals surface area contributed by atoms with Gasteiger partial charge in [-0.3, -0.25) is 14.4 Å². The Bertz CT molecular complexity index is 1160. The van der Waals surface area contributed by atoms with E-state index >= 15 is 0 Å². The Labute approximate surface area is 154 Å². The van der Waals surface area contributed by atoms with Crippen LogP contribution in [0.5, 0.6) is 11.5 Å². The van der Waals surface area contributed by atoms with Crippen LogP contribution in [0.3, 0.4) is 0 Å². The second kappa shape index (κ2) is 6.99. The highest BCUT2D eigenvalue weighted by molar-refractivity contribution is 6.05. The van der Waals surface area contributed by atoms with Gasteiger partial charge >= 0.3 is 11.1 Å². The van der Waals surface area contributed by atoms with Crippen molar-refractivity contribution in [3.63, 3.8) is 0 Å². The second-order valence-electron chi connectivity index (χ2n) is 5.96. The molecule has 27 heavy (non-hydrogen) atoms. The number of fused-ring (bicyclic) bond motifs is 1. The summed E-state index contributed by atoms with van der Waals surface area (Å²) >= 11 is 0. The zero-order chi connectivity index (χ0) is 19.7. The van der Waals surface area contributed by atoms with Gasteiger partial charge in [-0.2, -0.15) is 0 Å². The molecule has 3 rings (SSSR count). The molecule has 0 saturated heterocycles. The maximum absolute atomic E-state index is 12.6. The van der Waals surface area contributed by atoms with Crippen molar-refractivity contribution in [3.05, 3.63) is 62.7 Å². The summed E-state index contributed by atoms with van der Waals surface area (Å²) in [4.78, 5) is 36.5. The van der Waals surface area contributed by atoms with E-state index in [-0.39, 0.29) is 5.91 Å². The molecule has 1 N–H and O–H groups in total. The van der Waals surface area contributed by atoms with Crippen molar-refractivity contribution in [1.82, 2.24) is 9.13 Å². The summed E-state index contributed by atoms with van der Waals surface area (Å²) in [5, 5.41) is 2.78. The predicted molar refractivity (Wildman–Crippen MR) is 102 cm³/mol. The zero-order valence-corrected chi connectivity index (χ0v) is 15.4. The first-order valence-electron chi connectivity index (χ1n) is 8.10. The minimum Gasteiger partial charge on any atom is -0.493 e. The Balaban J connectivity index is 1.98. The smallest absolute Gasteiger partial charge is 0.316 e. The lowest BCUT2D eigenvalue weighted by atomic mass is 10.1. The number of aromatic nitrogens is 2. The first-order chi connectivity index (χ1) is 12.9. The van der Waals surface area contributed by atoms with Crippen molar-refractivity contribution in [2.75, 3.05) is 19.5 Å². The molecule has 0 fully saturated rings. The molecular weight excluding hydrogens is 350 g/mol. The van der Waals surface area contributed by atoms with Crippen molar-refractivity contribution in [2.45, 2.75) is 0 Å². The topological polar surface area (TPSA) is 91.6 Å². The fourth-order valence-electron chi connectivity index (χ4n) is 2.84.